The maximum absolute atomic E-state index is 12.6. The normalized spacial score (nSPS) is 15.5. The Labute approximate surface area is 160 Å². The van der Waals surface area contributed by atoms with E-state index in [0.717, 1.165) is 17.9 Å². The van der Waals surface area contributed by atoms with Gasteiger partial charge >= 0.3 is 6.03 Å². The molecule has 0 radical (unpaired) electrons. The summed E-state index contributed by atoms with van der Waals surface area (Å²) in [5.74, 6) is 1.59. The highest BCUT2D eigenvalue weighted by molar-refractivity contribution is 5.94. The molecule has 0 aliphatic carbocycles. The third-order valence-corrected chi connectivity index (χ3v) is 4.99. The molecule has 1 aliphatic heterocycles. The van der Waals surface area contributed by atoms with E-state index >= 15 is 0 Å². The van der Waals surface area contributed by atoms with Gasteiger partial charge in [-0.3, -0.25) is 4.79 Å². The lowest BCUT2D eigenvalue weighted by Crippen LogP contribution is -2.53. The number of hydrogen-bond donors (Lipinski definition) is 1. The van der Waals surface area contributed by atoms with Crippen LogP contribution in [0.1, 0.15) is 47.3 Å². The Morgan fingerprint density at radius 1 is 1.04 bits per heavy atom. The van der Waals surface area contributed by atoms with E-state index in [4.69, 9.17) is 4.42 Å². The first-order chi connectivity index (χ1) is 13.0. The van der Waals surface area contributed by atoms with E-state index in [2.05, 4.69) is 12.2 Å². The van der Waals surface area contributed by atoms with Crippen molar-refractivity contribution in [2.45, 2.75) is 33.2 Å². The molecule has 3 amide bonds. The van der Waals surface area contributed by atoms with Gasteiger partial charge in [0.2, 0.25) is 0 Å². The van der Waals surface area contributed by atoms with Gasteiger partial charge in [0, 0.05) is 31.7 Å². The zero-order valence-corrected chi connectivity index (χ0v) is 16.2. The number of carbonyl (C=O) groups excluding carboxylic acids is 2. The van der Waals surface area contributed by atoms with Crippen LogP contribution in [0.15, 0.2) is 40.8 Å². The summed E-state index contributed by atoms with van der Waals surface area (Å²) in [7, 11) is 0. The largest absolute Gasteiger partial charge is 0.464 e. The molecule has 1 atom stereocenters. The zero-order valence-electron chi connectivity index (χ0n) is 16.2. The van der Waals surface area contributed by atoms with Crippen molar-refractivity contribution in [1.29, 1.82) is 0 Å². The van der Waals surface area contributed by atoms with Gasteiger partial charge in [-0.05, 0) is 50.1 Å². The number of hydrogen-bond acceptors (Lipinski definition) is 3. The molecule has 3 rings (SSSR count). The number of urea groups is 1. The number of nitrogens with one attached hydrogen (secondary N) is 1. The number of aryl methyl sites for hydroxylation is 2. The van der Waals surface area contributed by atoms with Gasteiger partial charge in [0.1, 0.15) is 11.5 Å². The molecular weight excluding hydrogens is 342 g/mol. The number of carbonyl (C=O) groups is 2. The van der Waals surface area contributed by atoms with E-state index in [0.29, 0.717) is 31.7 Å². The molecule has 2 aromatic rings. The Kier molecular flexibility index (Phi) is 5.84. The first-order valence-electron chi connectivity index (χ1n) is 9.48. The molecule has 144 valence electrons. The molecule has 1 fully saturated rings. The minimum atomic E-state index is -0.192. The number of piperazine rings is 1. The van der Waals surface area contributed by atoms with Crippen molar-refractivity contribution in [2.24, 2.45) is 0 Å². The monoisotopic (exact) mass is 369 g/mol. The third-order valence-electron chi connectivity index (χ3n) is 4.99. The van der Waals surface area contributed by atoms with E-state index in [1.165, 1.54) is 5.56 Å². The summed E-state index contributed by atoms with van der Waals surface area (Å²) < 4.78 is 5.56. The van der Waals surface area contributed by atoms with Crippen LogP contribution in [0, 0.1) is 6.92 Å². The van der Waals surface area contributed by atoms with Crippen LogP contribution < -0.4 is 5.32 Å². The van der Waals surface area contributed by atoms with Crippen LogP contribution in [0.2, 0.25) is 0 Å². The van der Waals surface area contributed by atoms with Crippen molar-refractivity contribution in [3.8, 4) is 0 Å². The molecular formula is C21H27N3O3. The van der Waals surface area contributed by atoms with Crippen molar-refractivity contribution < 1.29 is 14.0 Å². The SMILES string of the molecule is CCc1ccc(C(=O)N2CCN(C(=O)NC(C)c3ccc(C)o3)CC2)cc1. The van der Waals surface area contributed by atoms with Crippen molar-refractivity contribution in [2.75, 3.05) is 26.2 Å². The molecule has 27 heavy (non-hydrogen) atoms. The number of furan rings is 1. The van der Waals surface area contributed by atoms with Crippen LogP contribution in [-0.2, 0) is 6.42 Å². The summed E-state index contributed by atoms with van der Waals surface area (Å²) in [5, 5.41) is 2.96. The number of benzene rings is 1. The molecule has 0 saturated carbocycles. The summed E-state index contributed by atoms with van der Waals surface area (Å²) in [6.07, 6.45) is 0.957. The Morgan fingerprint density at radius 2 is 1.67 bits per heavy atom. The van der Waals surface area contributed by atoms with E-state index < -0.39 is 0 Å². The average Bonchev–Trinajstić information content (AvgIpc) is 3.14. The molecule has 6 heteroatoms. The van der Waals surface area contributed by atoms with Crippen LogP contribution in [0.25, 0.3) is 0 Å². The standard InChI is InChI=1S/C21H27N3O3/c1-4-17-6-8-18(9-7-17)20(25)23-11-13-24(14-12-23)21(26)22-16(3)19-10-5-15(2)27-19/h5-10,16H,4,11-14H2,1-3H3,(H,22,26). The van der Waals surface area contributed by atoms with E-state index in [1.54, 1.807) is 4.90 Å². The molecule has 2 heterocycles. The highest BCUT2D eigenvalue weighted by Gasteiger charge is 2.26. The van der Waals surface area contributed by atoms with Crippen molar-refractivity contribution >= 4 is 11.9 Å². The Bertz CT molecular complexity index is 789. The number of amides is 3. The van der Waals surface area contributed by atoms with Gasteiger partial charge in [0.25, 0.3) is 5.91 Å². The van der Waals surface area contributed by atoms with Crippen molar-refractivity contribution in [3.05, 3.63) is 59.0 Å². The fraction of sp³-hybridized carbons (Fsp3) is 0.429. The molecule has 1 N–H and O–H groups in total. The molecule has 1 aromatic carbocycles. The van der Waals surface area contributed by atoms with Gasteiger partial charge < -0.3 is 19.5 Å². The predicted molar refractivity (Wildman–Crippen MR) is 104 cm³/mol. The molecule has 1 saturated heterocycles. The second-order valence-electron chi connectivity index (χ2n) is 6.95. The molecule has 1 unspecified atom stereocenters. The lowest BCUT2D eigenvalue weighted by Gasteiger charge is -2.35. The van der Waals surface area contributed by atoms with Gasteiger partial charge in [0.05, 0.1) is 6.04 Å². The van der Waals surface area contributed by atoms with Crippen LogP contribution in [-0.4, -0.2) is 47.9 Å². The number of nitrogens with zero attached hydrogens (tertiary/aromatic N) is 2. The number of rotatable bonds is 4. The van der Waals surface area contributed by atoms with Gasteiger partial charge in [-0.2, -0.15) is 0 Å². The zero-order chi connectivity index (χ0) is 19.4. The summed E-state index contributed by atoms with van der Waals surface area (Å²) in [4.78, 5) is 28.7. The summed E-state index contributed by atoms with van der Waals surface area (Å²) >= 11 is 0. The Hall–Kier alpha value is -2.76. The third kappa shape index (κ3) is 4.51. The molecule has 0 bridgehead atoms. The van der Waals surface area contributed by atoms with E-state index in [-0.39, 0.29) is 18.0 Å². The quantitative estimate of drug-likeness (QED) is 0.898. The molecule has 1 aliphatic rings. The lowest BCUT2D eigenvalue weighted by atomic mass is 10.1. The van der Waals surface area contributed by atoms with Crippen LogP contribution >= 0.6 is 0 Å². The minimum Gasteiger partial charge on any atom is -0.464 e. The Balaban J connectivity index is 1.51. The second kappa shape index (κ2) is 8.29. The summed E-state index contributed by atoms with van der Waals surface area (Å²) in [6.45, 7) is 7.99. The topological polar surface area (TPSA) is 65.8 Å². The first kappa shape index (κ1) is 19.0. The molecule has 0 spiro atoms. The fourth-order valence-electron chi connectivity index (χ4n) is 3.21. The second-order valence-corrected chi connectivity index (χ2v) is 6.95. The van der Waals surface area contributed by atoms with E-state index in [1.807, 2.05) is 55.1 Å². The summed E-state index contributed by atoms with van der Waals surface area (Å²) in [6, 6.07) is 11.2. The average molecular weight is 369 g/mol. The van der Waals surface area contributed by atoms with Crippen molar-refractivity contribution in [1.82, 2.24) is 15.1 Å². The highest BCUT2D eigenvalue weighted by Crippen LogP contribution is 2.16. The minimum absolute atomic E-state index is 0.0251. The van der Waals surface area contributed by atoms with Crippen molar-refractivity contribution in [3.63, 3.8) is 0 Å². The maximum atomic E-state index is 12.6. The van der Waals surface area contributed by atoms with E-state index in [9.17, 15) is 9.59 Å². The van der Waals surface area contributed by atoms with Crippen LogP contribution in [0.5, 0.6) is 0 Å². The molecule has 6 nitrogen and oxygen atoms in total. The van der Waals surface area contributed by atoms with Crippen LogP contribution in [0.4, 0.5) is 4.79 Å². The van der Waals surface area contributed by atoms with Gasteiger partial charge in [-0.1, -0.05) is 19.1 Å². The van der Waals surface area contributed by atoms with Gasteiger partial charge in [-0.15, -0.1) is 0 Å². The first-order valence-corrected chi connectivity index (χ1v) is 9.48. The van der Waals surface area contributed by atoms with Gasteiger partial charge in [0.15, 0.2) is 0 Å². The van der Waals surface area contributed by atoms with Crippen LogP contribution in [0.3, 0.4) is 0 Å². The lowest BCUT2D eigenvalue weighted by molar-refractivity contribution is 0.0663. The Morgan fingerprint density at radius 3 is 2.22 bits per heavy atom. The molecule has 1 aromatic heterocycles. The smallest absolute Gasteiger partial charge is 0.318 e. The van der Waals surface area contributed by atoms with Gasteiger partial charge in [-0.25, -0.2) is 4.79 Å². The summed E-state index contributed by atoms with van der Waals surface area (Å²) in [5.41, 5.74) is 1.92. The highest BCUT2D eigenvalue weighted by atomic mass is 16.3. The maximum Gasteiger partial charge on any atom is 0.318 e. The fourth-order valence-corrected chi connectivity index (χ4v) is 3.21. The predicted octanol–water partition coefficient (Wildman–Crippen LogP) is 3.38.